The Bertz CT molecular complexity index is 646. The predicted molar refractivity (Wildman–Crippen MR) is 87.6 cm³/mol. The van der Waals surface area contributed by atoms with Crippen LogP contribution in [-0.2, 0) is 14.6 Å². The third kappa shape index (κ3) is 4.16. The third-order valence-electron chi connectivity index (χ3n) is 5.00. The highest BCUT2D eigenvalue weighted by atomic mass is 32.2. The van der Waals surface area contributed by atoms with E-state index in [1.807, 2.05) is 17.0 Å². The van der Waals surface area contributed by atoms with Gasteiger partial charge in [-0.2, -0.15) is 0 Å². The molecule has 128 valence electrons. The van der Waals surface area contributed by atoms with Crippen molar-refractivity contribution in [1.29, 1.82) is 0 Å². The normalized spacial score (nSPS) is 24.2. The van der Waals surface area contributed by atoms with E-state index >= 15 is 0 Å². The van der Waals surface area contributed by atoms with Gasteiger partial charge in [-0.3, -0.25) is 4.79 Å². The second-order valence-corrected chi connectivity index (χ2v) is 9.35. The van der Waals surface area contributed by atoms with Crippen LogP contribution in [0.4, 0.5) is 0 Å². The lowest BCUT2D eigenvalue weighted by molar-refractivity contribution is -0.135. The first-order chi connectivity index (χ1) is 10.9. The zero-order chi connectivity index (χ0) is 16.5. The molecule has 0 bridgehead atoms. The molecule has 1 amide bonds. The van der Waals surface area contributed by atoms with Crippen LogP contribution < -0.4 is 0 Å². The Kier molecular flexibility index (Phi) is 4.54. The van der Waals surface area contributed by atoms with Crippen LogP contribution in [-0.4, -0.2) is 37.8 Å². The minimum absolute atomic E-state index is 0.00552. The predicted octanol–water partition coefficient (Wildman–Crippen LogP) is 2.94. The minimum Gasteiger partial charge on any atom is -0.467 e. The largest absolute Gasteiger partial charge is 0.467 e. The second kappa shape index (κ2) is 6.30. The van der Waals surface area contributed by atoms with Crippen LogP contribution in [0.1, 0.15) is 56.7 Å². The standard InChI is InChI=1S/C17H25NO4S/c1-23(20,21)13-17(8-9-17)12-16(19)18-10-4-2-3-6-14(18)15-7-5-11-22-15/h5,7,11,14H,2-4,6,8-10,12-13H2,1H3/t14-/m0/s1. The van der Waals surface area contributed by atoms with Gasteiger partial charge in [0.2, 0.25) is 5.91 Å². The van der Waals surface area contributed by atoms with E-state index in [4.69, 9.17) is 4.42 Å². The molecule has 2 fully saturated rings. The Morgan fingerprint density at radius 1 is 1.35 bits per heavy atom. The highest BCUT2D eigenvalue weighted by molar-refractivity contribution is 7.90. The summed E-state index contributed by atoms with van der Waals surface area (Å²) in [6, 6.07) is 3.78. The molecule has 0 unspecified atom stereocenters. The molecular weight excluding hydrogens is 314 g/mol. The van der Waals surface area contributed by atoms with Crippen molar-refractivity contribution >= 4 is 15.7 Å². The molecule has 0 spiro atoms. The Balaban J connectivity index is 1.73. The molecule has 2 heterocycles. The maximum atomic E-state index is 12.9. The number of hydrogen-bond donors (Lipinski definition) is 0. The first kappa shape index (κ1) is 16.6. The van der Waals surface area contributed by atoms with Gasteiger partial charge in [-0.25, -0.2) is 8.42 Å². The summed E-state index contributed by atoms with van der Waals surface area (Å²) in [5.41, 5.74) is -0.315. The lowest BCUT2D eigenvalue weighted by Crippen LogP contribution is -2.37. The summed E-state index contributed by atoms with van der Waals surface area (Å²) < 4.78 is 28.8. The van der Waals surface area contributed by atoms with Crippen molar-refractivity contribution < 1.29 is 17.6 Å². The monoisotopic (exact) mass is 339 g/mol. The van der Waals surface area contributed by atoms with E-state index < -0.39 is 9.84 Å². The van der Waals surface area contributed by atoms with Gasteiger partial charge in [0.25, 0.3) is 0 Å². The van der Waals surface area contributed by atoms with Crippen LogP contribution in [0.2, 0.25) is 0 Å². The molecular formula is C17H25NO4S. The van der Waals surface area contributed by atoms with Crippen LogP contribution >= 0.6 is 0 Å². The average molecular weight is 339 g/mol. The zero-order valence-electron chi connectivity index (χ0n) is 13.7. The molecule has 1 aliphatic heterocycles. The van der Waals surface area contributed by atoms with Crippen LogP contribution in [0.15, 0.2) is 22.8 Å². The van der Waals surface area contributed by atoms with Crippen molar-refractivity contribution in [2.75, 3.05) is 18.6 Å². The van der Waals surface area contributed by atoms with E-state index in [0.29, 0.717) is 6.42 Å². The quantitative estimate of drug-likeness (QED) is 0.827. The van der Waals surface area contributed by atoms with Gasteiger partial charge < -0.3 is 9.32 Å². The molecule has 0 aromatic carbocycles. The highest BCUT2D eigenvalue weighted by Gasteiger charge is 2.48. The summed E-state index contributed by atoms with van der Waals surface area (Å²) in [6.45, 7) is 0.735. The molecule has 0 radical (unpaired) electrons. The van der Waals surface area contributed by atoms with Crippen molar-refractivity contribution in [3.63, 3.8) is 0 Å². The van der Waals surface area contributed by atoms with Crippen LogP contribution in [0, 0.1) is 5.41 Å². The number of hydrogen-bond acceptors (Lipinski definition) is 4. The smallest absolute Gasteiger partial charge is 0.223 e. The summed E-state index contributed by atoms with van der Waals surface area (Å²) in [7, 11) is -3.05. The lowest BCUT2D eigenvalue weighted by Gasteiger charge is -2.30. The number of carbonyl (C=O) groups is 1. The summed E-state index contributed by atoms with van der Waals surface area (Å²) in [4.78, 5) is 14.8. The van der Waals surface area contributed by atoms with Crippen LogP contribution in [0.5, 0.6) is 0 Å². The summed E-state index contributed by atoms with van der Waals surface area (Å²) >= 11 is 0. The van der Waals surface area contributed by atoms with Crippen molar-refractivity contribution in [3.05, 3.63) is 24.2 Å². The molecule has 5 nitrogen and oxygen atoms in total. The highest BCUT2D eigenvalue weighted by Crippen LogP contribution is 2.50. The third-order valence-corrected chi connectivity index (χ3v) is 6.13. The van der Waals surface area contributed by atoms with E-state index in [1.165, 1.54) is 6.26 Å². The molecule has 0 N–H and O–H groups in total. The summed E-state index contributed by atoms with van der Waals surface area (Å²) in [5.74, 6) is 1.05. The topological polar surface area (TPSA) is 67.6 Å². The van der Waals surface area contributed by atoms with Crippen molar-refractivity contribution in [1.82, 2.24) is 4.90 Å². The Morgan fingerprint density at radius 3 is 2.74 bits per heavy atom. The average Bonchev–Trinajstić information content (AvgIpc) is 3.05. The first-order valence-corrected chi connectivity index (χ1v) is 10.5. The van der Waals surface area contributed by atoms with E-state index in [1.54, 1.807) is 6.26 Å². The van der Waals surface area contributed by atoms with Gasteiger partial charge in [-0.1, -0.05) is 12.8 Å². The molecule has 2 aliphatic rings. The summed E-state index contributed by atoms with van der Waals surface area (Å²) in [6.07, 6.45) is 9.05. The second-order valence-electron chi connectivity index (χ2n) is 7.21. The van der Waals surface area contributed by atoms with E-state index in [0.717, 1.165) is 50.8 Å². The number of nitrogens with zero attached hydrogens (tertiary/aromatic N) is 1. The number of amides is 1. The van der Waals surface area contributed by atoms with E-state index in [9.17, 15) is 13.2 Å². The molecule has 23 heavy (non-hydrogen) atoms. The van der Waals surface area contributed by atoms with Gasteiger partial charge in [-0.15, -0.1) is 0 Å². The van der Waals surface area contributed by atoms with Gasteiger partial charge in [-0.05, 0) is 43.2 Å². The molecule has 6 heteroatoms. The molecule has 1 aromatic heterocycles. The van der Waals surface area contributed by atoms with Gasteiger partial charge in [0.15, 0.2) is 0 Å². The van der Waals surface area contributed by atoms with E-state index in [-0.39, 0.29) is 23.1 Å². The number of carbonyl (C=O) groups excluding carboxylic acids is 1. The maximum absolute atomic E-state index is 12.9. The molecule has 1 aromatic rings. The Labute approximate surface area is 138 Å². The Hall–Kier alpha value is -1.30. The fourth-order valence-corrected chi connectivity index (χ4v) is 5.21. The first-order valence-electron chi connectivity index (χ1n) is 8.39. The van der Waals surface area contributed by atoms with Crippen LogP contribution in [0.3, 0.4) is 0 Å². The SMILES string of the molecule is CS(=O)(=O)CC1(CC(=O)N2CCCCC[C@H]2c2ccco2)CC1. The fraction of sp³-hybridized carbons (Fsp3) is 0.706. The lowest BCUT2D eigenvalue weighted by atomic mass is 10.0. The molecule has 3 rings (SSSR count). The maximum Gasteiger partial charge on any atom is 0.223 e. The number of likely N-dealkylation sites (tertiary alicyclic amines) is 1. The number of furan rings is 1. The van der Waals surface area contributed by atoms with Crippen LogP contribution in [0.25, 0.3) is 0 Å². The van der Waals surface area contributed by atoms with Gasteiger partial charge in [0, 0.05) is 19.2 Å². The molecule has 1 aliphatic carbocycles. The number of sulfone groups is 1. The molecule has 1 saturated heterocycles. The Morgan fingerprint density at radius 2 is 2.13 bits per heavy atom. The minimum atomic E-state index is -3.05. The van der Waals surface area contributed by atoms with Gasteiger partial charge >= 0.3 is 0 Å². The fourth-order valence-electron chi connectivity index (χ4n) is 3.71. The van der Waals surface area contributed by atoms with Gasteiger partial charge in [0.1, 0.15) is 15.6 Å². The zero-order valence-corrected chi connectivity index (χ0v) is 14.5. The number of rotatable bonds is 5. The van der Waals surface area contributed by atoms with Crippen molar-refractivity contribution in [3.8, 4) is 0 Å². The molecule has 1 atom stereocenters. The van der Waals surface area contributed by atoms with E-state index in [2.05, 4.69) is 0 Å². The summed E-state index contributed by atoms with van der Waals surface area (Å²) in [5, 5.41) is 0. The molecule has 1 saturated carbocycles. The van der Waals surface area contributed by atoms with Crippen molar-refractivity contribution in [2.24, 2.45) is 5.41 Å². The van der Waals surface area contributed by atoms with Gasteiger partial charge in [0.05, 0.1) is 18.1 Å². The van der Waals surface area contributed by atoms with Crippen molar-refractivity contribution in [2.45, 2.75) is 51.0 Å².